The first-order valence-electron chi connectivity index (χ1n) is 8.62. The fraction of sp³-hybridized carbons (Fsp3) is 0.316. The molecule has 8 heteroatoms. The molecule has 7 nitrogen and oxygen atoms in total. The highest BCUT2D eigenvalue weighted by Gasteiger charge is 2.26. The first kappa shape index (κ1) is 17.7. The Kier molecular flexibility index (Phi) is 4.91. The lowest BCUT2D eigenvalue weighted by Crippen LogP contribution is -2.20. The molecule has 0 bridgehead atoms. The quantitative estimate of drug-likeness (QED) is 0.723. The maximum absolute atomic E-state index is 12.4. The monoisotopic (exact) mass is 385 g/mol. The predicted octanol–water partition coefficient (Wildman–Crippen LogP) is 3.51. The standard InChI is InChI=1S/C19H19N3O4S/c1-11-3-5-13(6-4-11)25-10-16(23)21-19-17(18-20-12(2)22-26-18)14-7-8-24-9-15(14)27-19/h3-6H,7-10H2,1-2H3,(H,21,23). The van der Waals surface area contributed by atoms with E-state index in [1.807, 2.05) is 31.2 Å². The highest BCUT2D eigenvalue weighted by Crippen LogP contribution is 2.42. The molecule has 3 heterocycles. The number of fused-ring (bicyclic) bond motifs is 1. The lowest BCUT2D eigenvalue weighted by Gasteiger charge is -2.12. The molecule has 0 spiro atoms. The Morgan fingerprint density at radius 1 is 1.30 bits per heavy atom. The van der Waals surface area contributed by atoms with Crippen LogP contribution < -0.4 is 10.1 Å². The van der Waals surface area contributed by atoms with Crippen LogP contribution in [0.25, 0.3) is 11.5 Å². The number of anilines is 1. The van der Waals surface area contributed by atoms with Gasteiger partial charge in [-0.1, -0.05) is 22.9 Å². The van der Waals surface area contributed by atoms with Crippen LogP contribution in [0.4, 0.5) is 5.00 Å². The summed E-state index contributed by atoms with van der Waals surface area (Å²) in [5.41, 5.74) is 3.03. The van der Waals surface area contributed by atoms with Gasteiger partial charge in [-0.15, -0.1) is 11.3 Å². The van der Waals surface area contributed by atoms with E-state index < -0.39 is 0 Å². The van der Waals surface area contributed by atoms with Gasteiger partial charge in [-0.3, -0.25) is 4.79 Å². The number of amides is 1. The van der Waals surface area contributed by atoms with E-state index >= 15 is 0 Å². The topological polar surface area (TPSA) is 86.5 Å². The molecule has 1 aliphatic heterocycles. The molecule has 0 fully saturated rings. The van der Waals surface area contributed by atoms with Crippen molar-refractivity contribution in [3.05, 3.63) is 46.1 Å². The van der Waals surface area contributed by atoms with E-state index in [0.717, 1.165) is 28.0 Å². The number of aryl methyl sites for hydroxylation is 2. The molecule has 4 rings (SSSR count). The number of nitrogens with one attached hydrogen (secondary N) is 1. The molecular formula is C19H19N3O4S. The number of ether oxygens (including phenoxy) is 2. The van der Waals surface area contributed by atoms with Crippen molar-refractivity contribution in [1.82, 2.24) is 10.1 Å². The fourth-order valence-electron chi connectivity index (χ4n) is 2.89. The lowest BCUT2D eigenvalue weighted by atomic mass is 10.1. The third kappa shape index (κ3) is 3.86. The number of carbonyl (C=O) groups excluding carboxylic acids is 1. The van der Waals surface area contributed by atoms with Gasteiger partial charge in [0.2, 0.25) is 0 Å². The van der Waals surface area contributed by atoms with E-state index in [-0.39, 0.29) is 12.5 Å². The van der Waals surface area contributed by atoms with Crippen LogP contribution in [0.15, 0.2) is 28.8 Å². The average Bonchev–Trinajstić information content (AvgIpc) is 3.24. The summed E-state index contributed by atoms with van der Waals surface area (Å²) in [5, 5.41) is 7.49. The number of rotatable bonds is 5. The maximum Gasteiger partial charge on any atom is 0.262 e. The van der Waals surface area contributed by atoms with Gasteiger partial charge in [0.1, 0.15) is 10.8 Å². The van der Waals surface area contributed by atoms with Gasteiger partial charge in [0, 0.05) is 4.88 Å². The Hall–Kier alpha value is -2.71. The molecule has 1 aliphatic rings. The number of nitrogens with zero attached hydrogens (tertiary/aromatic N) is 2. The van der Waals surface area contributed by atoms with Crippen molar-refractivity contribution >= 4 is 22.2 Å². The van der Waals surface area contributed by atoms with Crippen LogP contribution in [-0.4, -0.2) is 29.3 Å². The molecule has 0 atom stereocenters. The Morgan fingerprint density at radius 3 is 2.85 bits per heavy atom. The van der Waals surface area contributed by atoms with E-state index in [1.165, 1.54) is 11.3 Å². The summed E-state index contributed by atoms with van der Waals surface area (Å²) >= 11 is 1.48. The molecular weight excluding hydrogens is 366 g/mol. The zero-order chi connectivity index (χ0) is 18.8. The van der Waals surface area contributed by atoms with Crippen molar-refractivity contribution < 1.29 is 18.8 Å². The Morgan fingerprint density at radius 2 is 2.11 bits per heavy atom. The molecule has 0 unspecified atom stereocenters. The van der Waals surface area contributed by atoms with Crippen LogP contribution in [0.2, 0.25) is 0 Å². The molecule has 3 aromatic rings. The Bertz CT molecular complexity index is 962. The van der Waals surface area contributed by atoms with Gasteiger partial charge in [0.05, 0.1) is 18.8 Å². The average molecular weight is 385 g/mol. The summed E-state index contributed by atoms with van der Waals surface area (Å²) in [6.07, 6.45) is 0.748. The molecule has 1 amide bonds. The summed E-state index contributed by atoms with van der Waals surface area (Å²) in [4.78, 5) is 17.8. The predicted molar refractivity (Wildman–Crippen MR) is 101 cm³/mol. The van der Waals surface area contributed by atoms with Gasteiger partial charge in [0.15, 0.2) is 12.4 Å². The van der Waals surface area contributed by atoms with E-state index in [9.17, 15) is 4.79 Å². The molecule has 0 saturated heterocycles. The minimum atomic E-state index is -0.243. The largest absolute Gasteiger partial charge is 0.484 e. The summed E-state index contributed by atoms with van der Waals surface area (Å²) in [5.74, 6) is 1.38. The normalized spacial score (nSPS) is 13.3. The Labute approximate surface area is 160 Å². The third-order valence-corrected chi connectivity index (χ3v) is 5.33. The first-order valence-corrected chi connectivity index (χ1v) is 9.44. The maximum atomic E-state index is 12.4. The van der Waals surface area contributed by atoms with Crippen LogP contribution in [-0.2, 0) is 22.6 Å². The number of thiophene rings is 1. The number of carbonyl (C=O) groups is 1. The minimum Gasteiger partial charge on any atom is -0.484 e. The summed E-state index contributed by atoms with van der Waals surface area (Å²) in [6.45, 7) is 4.84. The number of aromatic nitrogens is 2. The number of hydrogen-bond acceptors (Lipinski definition) is 7. The van der Waals surface area contributed by atoms with E-state index in [4.69, 9.17) is 14.0 Å². The molecule has 1 aromatic carbocycles. The molecule has 1 N–H and O–H groups in total. The van der Waals surface area contributed by atoms with Crippen molar-refractivity contribution in [3.63, 3.8) is 0 Å². The van der Waals surface area contributed by atoms with Crippen molar-refractivity contribution in [1.29, 1.82) is 0 Å². The van der Waals surface area contributed by atoms with Gasteiger partial charge >= 0.3 is 0 Å². The highest BCUT2D eigenvalue weighted by atomic mass is 32.1. The molecule has 0 radical (unpaired) electrons. The van der Waals surface area contributed by atoms with Crippen LogP contribution in [0.5, 0.6) is 5.75 Å². The third-order valence-electron chi connectivity index (χ3n) is 4.21. The minimum absolute atomic E-state index is 0.0789. The molecule has 0 saturated carbocycles. The molecule has 27 heavy (non-hydrogen) atoms. The van der Waals surface area contributed by atoms with Crippen LogP contribution in [0.3, 0.4) is 0 Å². The summed E-state index contributed by atoms with van der Waals surface area (Å²) in [6, 6.07) is 7.57. The van der Waals surface area contributed by atoms with E-state index in [2.05, 4.69) is 15.5 Å². The zero-order valence-electron chi connectivity index (χ0n) is 15.1. The fourth-order valence-corrected chi connectivity index (χ4v) is 4.08. The van der Waals surface area contributed by atoms with Gasteiger partial charge in [-0.25, -0.2) is 0 Å². The SMILES string of the molecule is Cc1ccc(OCC(=O)Nc2sc3c(c2-c2nc(C)no2)CCOC3)cc1. The summed E-state index contributed by atoms with van der Waals surface area (Å²) < 4.78 is 16.5. The van der Waals surface area contributed by atoms with Gasteiger partial charge in [-0.2, -0.15) is 4.98 Å². The van der Waals surface area contributed by atoms with Crippen LogP contribution in [0, 0.1) is 13.8 Å². The molecule has 2 aromatic heterocycles. The van der Waals surface area contributed by atoms with Crippen molar-refractivity contribution in [2.75, 3.05) is 18.5 Å². The first-order chi connectivity index (χ1) is 13.1. The summed E-state index contributed by atoms with van der Waals surface area (Å²) in [7, 11) is 0. The number of benzene rings is 1. The van der Waals surface area contributed by atoms with Gasteiger partial charge in [0.25, 0.3) is 11.8 Å². The lowest BCUT2D eigenvalue weighted by molar-refractivity contribution is -0.118. The van der Waals surface area contributed by atoms with E-state index in [0.29, 0.717) is 35.7 Å². The zero-order valence-corrected chi connectivity index (χ0v) is 15.9. The Balaban J connectivity index is 1.53. The van der Waals surface area contributed by atoms with Gasteiger partial charge < -0.3 is 19.3 Å². The highest BCUT2D eigenvalue weighted by molar-refractivity contribution is 7.17. The second-order valence-corrected chi connectivity index (χ2v) is 7.41. The molecule has 140 valence electrons. The second-order valence-electron chi connectivity index (χ2n) is 6.31. The smallest absolute Gasteiger partial charge is 0.262 e. The van der Waals surface area contributed by atoms with Crippen molar-refractivity contribution in [2.24, 2.45) is 0 Å². The van der Waals surface area contributed by atoms with Crippen molar-refractivity contribution in [3.8, 4) is 17.2 Å². The van der Waals surface area contributed by atoms with Crippen LogP contribution in [0.1, 0.15) is 21.8 Å². The molecule has 0 aliphatic carbocycles. The second kappa shape index (κ2) is 7.50. The van der Waals surface area contributed by atoms with Gasteiger partial charge in [-0.05, 0) is 38.0 Å². The van der Waals surface area contributed by atoms with Crippen molar-refractivity contribution in [2.45, 2.75) is 26.9 Å². The van der Waals surface area contributed by atoms with E-state index in [1.54, 1.807) is 6.92 Å². The van der Waals surface area contributed by atoms with Crippen LogP contribution >= 0.6 is 11.3 Å². The number of hydrogen-bond donors (Lipinski definition) is 1.